The zero-order valence-corrected chi connectivity index (χ0v) is 7.36. The molecule has 0 aromatic heterocycles. The normalized spacial score (nSPS) is 20.8. The van der Waals surface area contributed by atoms with Gasteiger partial charge in [0, 0.05) is 0 Å². The van der Waals surface area contributed by atoms with Gasteiger partial charge in [0.25, 0.3) is 0 Å². The van der Waals surface area contributed by atoms with Crippen LogP contribution in [0.4, 0.5) is 0 Å². The predicted molar refractivity (Wildman–Crippen MR) is 41.3 cm³/mol. The molecule has 1 aliphatic carbocycles. The van der Waals surface area contributed by atoms with Crippen molar-refractivity contribution in [2.24, 2.45) is 0 Å². The van der Waals surface area contributed by atoms with Crippen molar-refractivity contribution in [2.75, 3.05) is 6.26 Å². The van der Waals surface area contributed by atoms with E-state index in [0.29, 0.717) is 0 Å². The topological polar surface area (TPSA) is 55.4 Å². The van der Waals surface area contributed by atoms with Crippen molar-refractivity contribution < 1.29 is 13.3 Å². The van der Waals surface area contributed by atoms with Gasteiger partial charge < -0.3 is 0 Å². The van der Waals surface area contributed by atoms with Gasteiger partial charge in [-0.05, 0) is 12.8 Å². The monoisotopic (exact) mass is 179 g/mol. The van der Waals surface area contributed by atoms with Crippen LogP contribution in [0.25, 0.3) is 0 Å². The van der Waals surface area contributed by atoms with E-state index < -0.39 is 10.0 Å². The van der Waals surface area contributed by atoms with Crippen LogP contribution in [-0.4, -0.2) is 20.8 Å². The molecular weight excluding hydrogens is 166 g/mol. The molecule has 66 valence electrons. The minimum atomic E-state index is -3.18. The number of sulfonamides is 1. The van der Waals surface area contributed by atoms with E-state index in [1.807, 2.05) is 4.89 Å². The van der Waals surface area contributed by atoms with Crippen molar-refractivity contribution in [3.63, 3.8) is 0 Å². The summed E-state index contributed by atoms with van der Waals surface area (Å²) in [6.07, 6.45) is 5.36. The van der Waals surface area contributed by atoms with Gasteiger partial charge in [-0.25, -0.2) is 8.42 Å². The Morgan fingerprint density at radius 1 is 1.36 bits per heavy atom. The van der Waals surface area contributed by atoms with E-state index in [2.05, 4.69) is 0 Å². The second-order valence-corrected chi connectivity index (χ2v) is 4.59. The molecule has 0 aromatic carbocycles. The summed E-state index contributed by atoms with van der Waals surface area (Å²) in [6.45, 7) is 0. The number of hydrogen-bond donors (Lipinski definition) is 1. The summed E-state index contributed by atoms with van der Waals surface area (Å²) in [5.74, 6) is 0. The molecule has 1 fully saturated rings. The maximum absolute atomic E-state index is 10.6. The lowest BCUT2D eigenvalue weighted by Crippen LogP contribution is -2.27. The zero-order valence-electron chi connectivity index (χ0n) is 6.54. The second kappa shape index (κ2) is 3.51. The average Bonchev–Trinajstić information content (AvgIpc) is 2.32. The summed E-state index contributed by atoms with van der Waals surface area (Å²) in [7, 11) is -3.18. The molecule has 1 saturated carbocycles. The lowest BCUT2D eigenvalue weighted by molar-refractivity contribution is 0.0227. The van der Waals surface area contributed by atoms with Gasteiger partial charge >= 0.3 is 0 Å². The van der Waals surface area contributed by atoms with E-state index in [4.69, 9.17) is 4.84 Å². The minimum Gasteiger partial charge on any atom is -0.284 e. The van der Waals surface area contributed by atoms with E-state index in [-0.39, 0.29) is 6.10 Å². The van der Waals surface area contributed by atoms with Crippen LogP contribution >= 0.6 is 0 Å². The summed E-state index contributed by atoms with van der Waals surface area (Å²) in [4.78, 5) is 6.97. The Hall–Kier alpha value is -0.130. The maximum atomic E-state index is 10.6. The molecule has 0 atom stereocenters. The number of hydrogen-bond acceptors (Lipinski definition) is 3. The Morgan fingerprint density at radius 3 is 2.36 bits per heavy atom. The Balaban J connectivity index is 2.22. The third kappa shape index (κ3) is 3.69. The van der Waals surface area contributed by atoms with Gasteiger partial charge in [0.05, 0.1) is 12.4 Å². The molecule has 11 heavy (non-hydrogen) atoms. The third-order valence-electron chi connectivity index (χ3n) is 1.67. The van der Waals surface area contributed by atoms with Gasteiger partial charge in [-0.3, -0.25) is 4.84 Å². The lowest BCUT2D eigenvalue weighted by Gasteiger charge is -2.08. The standard InChI is InChI=1S/C6H13NO3S/c1-11(8,9)7-10-6-4-2-3-5-6/h6-7H,2-5H2,1H3. The van der Waals surface area contributed by atoms with E-state index >= 15 is 0 Å². The van der Waals surface area contributed by atoms with Crippen LogP contribution in [0.2, 0.25) is 0 Å². The van der Waals surface area contributed by atoms with E-state index in [1.165, 1.54) is 0 Å². The SMILES string of the molecule is CS(=O)(=O)NOC1CCCC1. The molecule has 5 heteroatoms. The molecule has 0 heterocycles. The number of nitrogens with one attached hydrogen (secondary N) is 1. The van der Waals surface area contributed by atoms with Crippen LogP contribution in [-0.2, 0) is 14.9 Å². The van der Waals surface area contributed by atoms with Gasteiger partial charge in [-0.2, -0.15) is 0 Å². The molecular formula is C6H13NO3S. The highest BCUT2D eigenvalue weighted by molar-refractivity contribution is 7.88. The van der Waals surface area contributed by atoms with Crippen LogP contribution in [0, 0.1) is 0 Å². The minimum absolute atomic E-state index is 0.0877. The highest BCUT2D eigenvalue weighted by Crippen LogP contribution is 2.19. The molecule has 0 aromatic rings. The van der Waals surface area contributed by atoms with Gasteiger partial charge in [0.1, 0.15) is 0 Å². The Bertz CT molecular complexity index is 206. The summed E-state index contributed by atoms with van der Waals surface area (Å²) < 4.78 is 21.1. The summed E-state index contributed by atoms with van der Waals surface area (Å²) >= 11 is 0. The van der Waals surface area contributed by atoms with Crippen LogP contribution in [0.3, 0.4) is 0 Å². The smallest absolute Gasteiger partial charge is 0.230 e. The average molecular weight is 179 g/mol. The summed E-state index contributed by atoms with van der Waals surface area (Å²) in [6, 6.07) is 0. The Labute approximate surface area is 66.9 Å². The highest BCUT2D eigenvalue weighted by Gasteiger charge is 2.16. The van der Waals surface area contributed by atoms with Gasteiger partial charge in [-0.15, -0.1) is 0 Å². The summed E-state index contributed by atoms with van der Waals surface area (Å²) in [5.41, 5.74) is 0. The molecule has 0 bridgehead atoms. The van der Waals surface area contributed by atoms with Crippen molar-refractivity contribution in [1.29, 1.82) is 0 Å². The fourth-order valence-corrected chi connectivity index (χ4v) is 1.47. The van der Waals surface area contributed by atoms with Crippen molar-refractivity contribution in [1.82, 2.24) is 4.89 Å². The first-order valence-electron chi connectivity index (χ1n) is 3.70. The molecule has 4 nitrogen and oxygen atoms in total. The van der Waals surface area contributed by atoms with E-state index in [9.17, 15) is 8.42 Å². The van der Waals surface area contributed by atoms with Gasteiger partial charge in [0.2, 0.25) is 10.0 Å². The van der Waals surface area contributed by atoms with Gasteiger partial charge in [0.15, 0.2) is 0 Å². The van der Waals surface area contributed by atoms with Gasteiger partial charge in [-0.1, -0.05) is 17.7 Å². The van der Waals surface area contributed by atoms with Crippen molar-refractivity contribution >= 4 is 10.0 Å². The maximum Gasteiger partial charge on any atom is 0.230 e. The molecule has 1 aliphatic rings. The van der Waals surface area contributed by atoms with Crippen molar-refractivity contribution in [2.45, 2.75) is 31.8 Å². The molecule has 0 amide bonds. The first-order valence-corrected chi connectivity index (χ1v) is 5.59. The molecule has 0 saturated heterocycles. The Morgan fingerprint density at radius 2 is 1.91 bits per heavy atom. The zero-order chi connectivity index (χ0) is 8.32. The molecule has 1 rings (SSSR count). The van der Waals surface area contributed by atoms with Crippen molar-refractivity contribution in [3.05, 3.63) is 0 Å². The molecule has 0 radical (unpaired) electrons. The first-order chi connectivity index (χ1) is 5.08. The molecule has 0 aliphatic heterocycles. The predicted octanol–water partition coefficient (Wildman–Crippen LogP) is 0.410. The third-order valence-corrected chi connectivity index (χ3v) is 2.07. The first kappa shape index (κ1) is 8.96. The molecule has 1 N–H and O–H groups in total. The fourth-order valence-electron chi connectivity index (χ4n) is 1.16. The van der Waals surface area contributed by atoms with E-state index in [0.717, 1.165) is 31.9 Å². The van der Waals surface area contributed by atoms with Crippen LogP contribution in [0.5, 0.6) is 0 Å². The van der Waals surface area contributed by atoms with E-state index in [1.54, 1.807) is 0 Å². The number of rotatable bonds is 3. The molecule has 0 unspecified atom stereocenters. The van der Waals surface area contributed by atoms with Crippen LogP contribution in [0.15, 0.2) is 0 Å². The highest BCUT2D eigenvalue weighted by atomic mass is 32.2. The lowest BCUT2D eigenvalue weighted by atomic mass is 10.3. The van der Waals surface area contributed by atoms with Crippen molar-refractivity contribution in [3.8, 4) is 0 Å². The summed E-state index contributed by atoms with van der Waals surface area (Å²) in [5, 5.41) is 0. The molecule has 0 spiro atoms. The quantitative estimate of drug-likeness (QED) is 0.638. The van der Waals surface area contributed by atoms with Crippen LogP contribution in [0.1, 0.15) is 25.7 Å². The van der Waals surface area contributed by atoms with Crippen LogP contribution < -0.4 is 4.89 Å². The largest absolute Gasteiger partial charge is 0.284 e. The fraction of sp³-hybridized carbons (Fsp3) is 1.00. The second-order valence-electron chi connectivity index (χ2n) is 2.88. The Kier molecular flexibility index (Phi) is 2.86.